The van der Waals surface area contributed by atoms with Crippen LogP contribution >= 0.6 is 15.9 Å². The Kier molecular flexibility index (Phi) is 4.42. The first-order chi connectivity index (χ1) is 8.47. The molecule has 18 heavy (non-hydrogen) atoms. The monoisotopic (exact) mass is 333 g/mol. The minimum atomic E-state index is -3.24. The minimum Gasteiger partial charge on any atom is -0.392 e. The molecule has 4 nitrogen and oxygen atoms in total. The molecule has 1 heterocycles. The average molecular weight is 334 g/mol. The molecule has 2 rings (SSSR count). The normalized spacial score (nSPS) is 21.3. The molecule has 1 aliphatic heterocycles. The van der Waals surface area contributed by atoms with Gasteiger partial charge >= 0.3 is 0 Å². The summed E-state index contributed by atoms with van der Waals surface area (Å²) in [5.41, 5.74) is 0. The summed E-state index contributed by atoms with van der Waals surface area (Å²) < 4.78 is 25.0. The van der Waals surface area contributed by atoms with Crippen molar-refractivity contribution in [2.45, 2.75) is 17.4 Å². The number of halogens is 1. The first-order valence-electron chi connectivity index (χ1n) is 5.86. The average Bonchev–Trinajstić information content (AvgIpc) is 2.73. The van der Waals surface area contributed by atoms with Crippen molar-refractivity contribution in [3.63, 3.8) is 0 Å². The topological polar surface area (TPSA) is 57.6 Å². The fourth-order valence-electron chi connectivity index (χ4n) is 2.04. The first kappa shape index (κ1) is 14.0. The van der Waals surface area contributed by atoms with Crippen LogP contribution in [0.15, 0.2) is 33.6 Å². The van der Waals surface area contributed by atoms with Gasteiger partial charge in [0.05, 0.1) is 16.8 Å². The van der Waals surface area contributed by atoms with Gasteiger partial charge in [-0.25, -0.2) is 8.42 Å². The summed E-state index contributed by atoms with van der Waals surface area (Å²) in [6.45, 7) is 1.83. The lowest BCUT2D eigenvalue weighted by molar-refractivity contribution is 0.178. The van der Waals surface area contributed by atoms with E-state index in [1.165, 1.54) is 0 Å². The molecular formula is C12H16BrNO3S. The summed E-state index contributed by atoms with van der Waals surface area (Å²) in [5.74, 6) is 0.0934. The van der Waals surface area contributed by atoms with Gasteiger partial charge in [0.1, 0.15) is 0 Å². The zero-order chi connectivity index (χ0) is 13.2. The van der Waals surface area contributed by atoms with Crippen molar-refractivity contribution in [1.82, 2.24) is 4.90 Å². The molecular weight excluding hydrogens is 318 g/mol. The summed E-state index contributed by atoms with van der Waals surface area (Å²) in [6, 6.07) is 6.75. The summed E-state index contributed by atoms with van der Waals surface area (Å²) in [5, 5.41) is 9.39. The van der Waals surface area contributed by atoms with E-state index in [1.807, 2.05) is 4.90 Å². The zero-order valence-corrected chi connectivity index (χ0v) is 12.3. The Labute approximate surface area is 116 Å². The predicted octanol–water partition coefficient (Wildman–Crippen LogP) is 1.29. The maximum atomic E-state index is 12.1. The Bertz CT molecular complexity index is 518. The number of nitrogens with zero attached hydrogens (tertiary/aromatic N) is 1. The number of likely N-dealkylation sites (tertiary alicyclic amines) is 1. The van der Waals surface area contributed by atoms with E-state index in [2.05, 4.69) is 15.9 Å². The van der Waals surface area contributed by atoms with Crippen LogP contribution in [0.2, 0.25) is 0 Å². The van der Waals surface area contributed by atoms with Crippen LogP contribution in [0.4, 0.5) is 0 Å². The fourth-order valence-corrected chi connectivity index (χ4v) is 3.92. The summed E-state index contributed by atoms with van der Waals surface area (Å²) in [7, 11) is -3.24. The van der Waals surface area contributed by atoms with E-state index in [1.54, 1.807) is 24.3 Å². The third kappa shape index (κ3) is 3.54. The molecule has 1 atom stereocenters. The van der Waals surface area contributed by atoms with Gasteiger partial charge in [0.25, 0.3) is 0 Å². The number of β-amino-alcohol motifs (C(OH)–C–C–N with tert-alkyl or cyclic N) is 1. The van der Waals surface area contributed by atoms with Gasteiger partial charge in [0.2, 0.25) is 0 Å². The molecule has 0 saturated carbocycles. The largest absolute Gasteiger partial charge is 0.392 e. The summed E-state index contributed by atoms with van der Waals surface area (Å²) >= 11 is 3.27. The lowest BCUT2D eigenvalue weighted by atomic mass is 10.3. The highest BCUT2D eigenvalue weighted by Gasteiger charge is 2.22. The van der Waals surface area contributed by atoms with Crippen LogP contribution in [-0.4, -0.2) is 49.9 Å². The van der Waals surface area contributed by atoms with E-state index < -0.39 is 9.84 Å². The Balaban J connectivity index is 1.99. The molecule has 100 valence electrons. The van der Waals surface area contributed by atoms with Gasteiger partial charge in [-0.05, 0) is 24.6 Å². The third-order valence-corrected chi connectivity index (χ3v) is 5.26. The van der Waals surface area contributed by atoms with Crippen molar-refractivity contribution >= 4 is 25.8 Å². The van der Waals surface area contributed by atoms with Crippen molar-refractivity contribution in [2.24, 2.45) is 0 Å². The summed E-state index contributed by atoms with van der Waals surface area (Å²) in [4.78, 5) is 2.33. The molecule has 0 unspecified atom stereocenters. The predicted molar refractivity (Wildman–Crippen MR) is 73.3 cm³/mol. The van der Waals surface area contributed by atoms with Gasteiger partial charge in [-0.15, -0.1) is 0 Å². The van der Waals surface area contributed by atoms with Crippen LogP contribution in [-0.2, 0) is 9.84 Å². The highest BCUT2D eigenvalue weighted by atomic mass is 79.9. The van der Waals surface area contributed by atoms with Crippen LogP contribution in [0.5, 0.6) is 0 Å². The molecule has 0 amide bonds. The van der Waals surface area contributed by atoms with Gasteiger partial charge in [0, 0.05) is 24.1 Å². The number of sulfone groups is 1. The molecule has 0 aromatic heterocycles. The van der Waals surface area contributed by atoms with E-state index in [4.69, 9.17) is 0 Å². The number of aliphatic hydroxyl groups is 1. The molecule has 1 aliphatic rings. The second kappa shape index (κ2) is 5.69. The van der Waals surface area contributed by atoms with Crippen molar-refractivity contribution in [3.05, 3.63) is 28.7 Å². The highest BCUT2D eigenvalue weighted by Crippen LogP contribution is 2.18. The van der Waals surface area contributed by atoms with E-state index in [-0.39, 0.29) is 11.9 Å². The SMILES string of the molecule is O=S(=O)(CCN1CC[C@@H](O)C1)c1cccc(Br)c1. The molecule has 1 aromatic carbocycles. The molecule has 1 fully saturated rings. The summed E-state index contributed by atoms with van der Waals surface area (Å²) in [6.07, 6.45) is 0.426. The van der Waals surface area contributed by atoms with Gasteiger partial charge in [-0.2, -0.15) is 0 Å². The van der Waals surface area contributed by atoms with Gasteiger partial charge in [0.15, 0.2) is 9.84 Å². The number of hydrogen-bond acceptors (Lipinski definition) is 4. The van der Waals surface area contributed by atoms with Crippen molar-refractivity contribution in [2.75, 3.05) is 25.4 Å². The molecule has 6 heteroatoms. The third-order valence-electron chi connectivity index (χ3n) is 3.08. The van der Waals surface area contributed by atoms with Gasteiger partial charge in [-0.3, -0.25) is 4.90 Å². The van der Waals surface area contributed by atoms with Gasteiger partial charge < -0.3 is 5.11 Å². The molecule has 0 aliphatic carbocycles. The van der Waals surface area contributed by atoms with E-state index >= 15 is 0 Å². The first-order valence-corrected chi connectivity index (χ1v) is 8.31. The van der Waals surface area contributed by atoms with E-state index in [9.17, 15) is 13.5 Å². The standard InChI is InChI=1S/C12H16BrNO3S/c13-10-2-1-3-12(8-10)18(16,17)7-6-14-5-4-11(15)9-14/h1-3,8,11,15H,4-7,9H2/t11-/m1/s1. The maximum Gasteiger partial charge on any atom is 0.179 e. The fraction of sp³-hybridized carbons (Fsp3) is 0.500. The molecule has 1 saturated heterocycles. The highest BCUT2D eigenvalue weighted by molar-refractivity contribution is 9.10. The van der Waals surface area contributed by atoms with Crippen LogP contribution < -0.4 is 0 Å². The number of aliphatic hydroxyl groups excluding tert-OH is 1. The molecule has 1 aromatic rings. The minimum absolute atomic E-state index is 0.0934. The van der Waals surface area contributed by atoms with Crippen LogP contribution in [0.3, 0.4) is 0 Å². The number of rotatable bonds is 4. The second-order valence-corrected chi connectivity index (χ2v) is 7.54. The molecule has 0 radical (unpaired) electrons. The van der Waals surface area contributed by atoms with Crippen LogP contribution in [0, 0.1) is 0 Å². The number of hydrogen-bond donors (Lipinski definition) is 1. The molecule has 0 bridgehead atoms. The Hall–Kier alpha value is -0.430. The van der Waals surface area contributed by atoms with Crippen LogP contribution in [0.25, 0.3) is 0 Å². The van der Waals surface area contributed by atoms with E-state index in [0.29, 0.717) is 18.0 Å². The van der Waals surface area contributed by atoms with Crippen molar-refractivity contribution < 1.29 is 13.5 Å². The lowest BCUT2D eigenvalue weighted by Crippen LogP contribution is -2.28. The zero-order valence-electron chi connectivity index (χ0n) is 9.92. The Morgan fingerprint density at radius 1 is 1.44 bits per heavy atom. The number of benzene rings is 1. The van der Waals surface area contributed by atoms with E-state index in [0.717, 1.165) is 17.4 Å². The Morgan fingerprint density at radius 2 is 2.22 bits per heavy atom. The quantitative estimate of drug-likeness (QED) is 0.902. The molecule has 1 N–H and O–H groups in total. The maximum absolute atomic E-state index is 12.1. The van der Waals surface area contributed by atoms with Crippen molar-refractivity contribution in [3.8, 4) is 0 Å². The van der Waals surface area contributed by atoms with Crippen LogP contribution in [0.1, 0.15) is 6.42 Å². The lowest BCUT2D eigenvalue weighted by Gasteiger charge is -2.14. The molecule has 0 spiro atoms. The van der Waals surface area contributed by atoms with Crippen molar-refractivity contribution in [1.29, 1.82) is 0 Å². The second-order valence-electron chi connectivity index (χ2n) is 4.52. The Morgan fingerprint density at radius 3 is 2.83 bits per heavy atom. The van der Waals surface area contributed by atoms with Gasteiger partial charge in [-0.1, -0.05) is 22.0 Å². The smallest absolute Gasteiger partial charge is 0.179 e.